The van der Waals surface area contributed by atoms with Crippen molar-refractivity contribution < 1.29 is 9.50 Å². The van der Waals surface area contributed by atoms with Gasteiger partial charge in [-0.2, -0.15) is 10.2 Å². The van der Waals surface area contributed by atoms with Crippen molar-refractivity contribution in [2.24, 2.45) is 0 Å². The number of fused-ring (bicyclic) bond motifs is 1. The van der Waals surface area contributed by atoms with Gasteiger partial charge in [-0.15, -0.1) is 0 Å². The first-order chi connectivity index (χ1) is 13.1. The highest BCUT2D eigenvalue weighted by Crippen LogP contribution is 2.26. The molecule has 0 unspecified atom stereocenters. The number of pyridine rings is 1. The normalized spacial score (nSPS) is 11.4. The van der Waals surface area contributed by atoms with E-state index < -0.39 is 0 Å². The van der Waals surface area contributed by atoms with Gasteiger partial charge in [-0.25, -0.2) is 9.37 Å². The fourth-order valence-electron chi connectivity index (χ4n) is 3.33. The van der Waals surface area contributed by atoms with Crippen molar-refractivity contribution >= 4 is 11.0 Å². The van der Waals surface area contributed by atoms with Crippen molar-refractivity contribution in [2.45, 2.75) is 26.9 Å². The summed E-state index contributed by atoms with van der Waals surface area (Å²) in [5.74, 6) is -0.240. The van der Waals surface area contributed by atoms with E-state index in [-0.39, 0.29) is 12.4 Å². The highest BCUT2D eigenvalue weighted by molar-refractivity contribution is 5.82. The number of aliphatic hydroxyl groups excluding tert-OH is 1. The summed E-state index contributed by atoms with van der Waals surface area (Å²) in [6, 6.07) is 8.71. The van der Waals surface area contributed by atoms with Crippen LogP contribution in [-0.4, -0.2) is 36.3 Å². The van der Waals surface area contributed by atoms with Gasteiger partial charge < -0.3 is 5.11 Å². The zero-order chi connectivity index (χ0) is 19.0. The van der Waals surface area contributed by atoms with E-state index in [4.69, 9.17) is 10.1 Å². The molecule has 4 aromatic rings. The van der Waals surface area contributed by atoms with Crippen molar-refractivity contribution in [1.82, 2.24) is 24.5 Å². The van der Waals surface area contributed by atoms with Gasteiger partial charge in [0.05, 0.1) is 42.8 Å². The number of halogens is 1. The average Bonchev–Trinajstić information content (AvgIpc) is 3.21. The Morgan fingerprint density at radius 3 is 2.78 bits per heavy atom. The van der Waals surface area contributed by atoms with E-state index in [2.05, 4.69) is 10.2 Å². The van der Waals surface area contributed by atoms with Crippen molar-refractivity contribution in [3.05, 3.63) is 65.4 Å². The van der Waals surface area contributed by atoms with Gasteiger partial charge in [0.15, 0.2) is 0 Å². The first-order valence-corrected chi connectivity index (χ1v) is 8.78. The number of aryl methyl sites for hydroxylation is 2. The molecule has 0 saturated carbocycles. The van der Waals surface area contributed by atoms with Crippen LogP contribution in [0.25, 0.3) is 22.3 Å². The van der Waals surface area contributed by atoms with E-state index in [0.29, 0.717) is 18.7 Å². The Hall–Kier alpha value is -3.06. The van der Waals surface area contributed by atoms with Crippen LogP contribution in [0.4, 0.5) is 4.39 Å². The van der Waals surface area contributed by atoms with E-state index in [9.17, 15) is 4.39 Å². The molecule has 27 heavy (non-hydrogen) atoms. The SMILES string of the molecule is Cc1nn(CCO)cc1-c1cc(C)c2c(cnn2Cc2ccccc2F)n1. The Kier molecular flexibility index (Phi) is 4.45. The summed E-state index contributed by atoms with van der Waals surface area (Å²) < 4.78 is 17.5. The van der Waals surface area contributed by atoms with Crippen molar-refractivity contribution in [3.8, 4) is 11.3 Å². The Balaban J connectivity index is 1.75. The van der Waals surface area contributed by atoms with Crippen molar-refractivity contribution in [2.75, 3.05) is 6.61 Å². The number of rotatable bonds is 5. The monoisotopic (exact) mass is 365 g/mol. The van der Waals surface area contributed by atoms with Crippen LogP contribution in [0.3, 0.4) is 0 Å². The molecule has 7 heteroatoms. The molecule has 1 aromatic carbocycles. The fraction of sp³-hybridized carbons (Fsp3) is 0.250. The molecular weight excluding hydrogens is 345 g/mol. The lowest BCUT2D eigenvalue weighted by Gasteiger charge is -2.08. The number of hydrogen-bond donors (Lipinski definition) is 1. The van der Waals surface area contributed by atoms with Crippen LogP contribution in [0.2, 0.25) is 0 Å². The molecule has 6 nitrogen and oxygen atoms in total. The lowest BCUT2D eigenvalue weighted by atomic mass is 10.1. The summed E-state index contributed by atoms with van der Waals surface area (Å²) >= 11 is 0. The summed E-state index contributed by atoms with van der Waals surface area (Å²) in [5, 5.41) is 17.9. The molecule has 138 valence electrons. The molecule has 0 bridgehead atoms. The Morgan fingerprint density at radius 1 is 1.19 bits per heavy atom. The minimum absolute atomic E-state index is 0.0366. The van der Waals surface area contributed by atoms with Crippen LogP contribution in [0, 0.1) is 19.7 Å². The topological polar surface area (TPSA) is 68.8 Å². The summed E-state index contributed by atoms with van der Waals surface area (Å²) in [7, 11) is 0. The van der Waals surface area contributed by atoms with E-state index in [1.165, 1.54) is 6.07 Å². The number of benzene rings is 1. The highest BCUT2D eigenvalue weighted by Gasteiger charge is 2.15. The smallest absolute Gasteiger partial charge is 0.128 e. The molecule has 4 rings (SSSR count). The fourth-order valence-corrected chi connectivity index (χ4v) is 3.33. The van der Waals surface area contributed by atoms with Crippen molar-refractivity contribution in [3.63, 3.8) is 0 Å². The summed E-state index contributed by atoms with van der Waals surface area (Å²) in [4.78, 5) is 4.73. The Morgan fingerprint density at radius 2 is 2.00 bits per heavy atom. The zero-order valence-corrected chi connectivity index (χ0v) is 15.2. The molecule has 0 spiro atoms. The summed E-state index contributed by atoms with van der Waals surface area (Å²) in [5.41, 5.74) is 5.85. The largest absolute Gasteiger partial charge is 0.394 e. The second-order valence-electron chi connectivity index (χ2n) is 6.57. The van der Waals surface area contributed by atoms with Gasteiger partial charge in [0.25, 0.3) is 0 Å². The summed E-state index contributed by atoms with van der Waals surface area (Å²) in [6.07, 6.45) is 3.60. The van der Waals surface area contributed by atoms with Gasteiger partial charge in [-0.3, -0.25) is 9.36 Å². The molecule has 3 heterocycles. The summed E-state index contributed by atoms with van der Waals surface area (Å²) in [6.45, 7) is 4.76. The molecule has 0 radical (unpaired) electrons. The minimum Gasteiger partial charge on any atom is -0.394 e. The van der Waals surface area contributed by atoms with E-state index in [1.54, 1.807) is 27.7 Å². The molecule has 3 aromatic heterocycles. The maximum Gasteiger partial charge on any atom is 0.128 e. The lowest BCUT2D eigenvalue weighted by Crippen LogP contribution is -2.04. The third kappa shape index (κ3) is 3.21. The Labute approximate surface area is 155 Å². The second-order valence-corrected chi connectivity index (χ2v) is 6.57. The second kappa shape index (κ2) is 6.92. The van der Waals surface area contributed by atoms with E-state index in [0.717, 1.165) is 33.5 Å². The number of aromatic nitrogens is 5. The lowest BCUT2D eigenvalue weighted by molar-refractivity contribution is 0.269. The van der Waals surface area contributed by atoms with Gasteiger partial charge in [-0.1, -0.05) is 18.2 Å². The number of nitrogens with zero attached hydrogens (tertiary/aromatic N) is 5. The van der Waals surface area contributed by atoms with Gasteiger partial charge in [0.2, 0.25) is 0 Å². The quantitative estimate of drug-likeness (QED) is 0.590. The standard InChI is InChI=1S/C20H20FN5O/c1-13-9-18(16-12-25(7-8-27)24-14(16)2)23-19-10-22-26(20(13)19)11-15-5-3-4-6-17(15)21/h3-6,9-10,12,27H,7-8,11H2,1-2H3. The van der Waals surface area contributed by atoms with Crippen LogP contribution in [-0.2, 0) is 13.1 Å². The molecule has 0 aliphatic carbocycles. The molecule has 0 aliphatic heterocycles. The predicted molar refractivity (Wildman–Crippen MR) is 101 cm³/mol. The molecule has 0 fully saturated rings. The first-order valence-electron chi connectivity index (χ1n) is 8.78. The molecule has 0 amide bonds. The molecular formula is C20H20FN5O. The van der Waals surface area contributed by atoms with Crippen LogP contribution in [0.15, 0.2) is 42.7 Å². The van der Waals surface area contributed by atoms with Gasteiger partial charge in [0.1, 0.15) is 11.3 Å². The third-order valence-electron chi connectivity index (χ3n) is 4.62. The highest BCUT2D eigenvalue weighted by atomic mass is 19.1. The third-order valence-corrected chi connectivity index (χ3v) is 4.62. The molecule has 0 saturated heterocycles. The zero-order valence-electron chi connectivity index (χ0n) is 15.2. The predicted octanol–water partition coefficient (Wildman–Crippen LogP) is 3.09. The average molecular weight is 365 g/mol. The number of hydrogen-bond acceptors (Lipinski definition) is 4. The van der Waals surface area contributed by atoms with E-state index >= 15 is 0 Å². The maximum absolute atomic E-state index is 14.0. The first kappa shape index (κ1) is 17.4. The minimum atomic E-state index is -0.240. The molecule has 0 aliphatic rings. The van der Waals surface area contributed by atoms with Crippen LogP contribution in [0.1, 0.15) is 16.8 Å². The molecule has 1 N–H and O–H groups in total. The maximum atomic E-state index is 14.0. The van der Waals surface area contributed by atoms with Crippen LogP contribution < -0.4 is 0 Å². The molecule has 0 atom stereocenters. The van der Waals surface area contributed by atoms with Gasteiger partial charge in [-0.05, 0) is 31.5 Å². The van der Waals surface area contributed by atoms with Crippen LogP contribution in [0.5, 0.6) is 0 Å². The van der Waals surface area contributed by atoms with Crippen LogP contribution >= 0.6 is 0 Å². The Bertz CT molecular complexity index is 1110. The van der Waals surface area contributed by atoms with Gasteiger partial charge in [0, 0.05) is 17.3 Å². The van der Waals surface area contributed by atoms with Crippen molar-refractivity contribution in [1.29, 1.82) is 0 Å². The van der Waals surface area contributed by atoms with Gasteiger partial charge >= 0.3 is 0 Å². The van der Waals surface area contributed by atoms with E-state index in [1.807, 2.05) is 32.2 Å². The number of aliphatic hydroxyl groups is 1.